The molecule has 8 aromatic carbocycles. The van der Waals surface area contributed by atoms with Crippen LogP contribution in [0, 0.1) is 0 Å². The molecule has 4 heteroatoms. The molecule has 0 atom stereocenters. The van der Waals surface area contributed by atoms with Gasteiger partial charge in [0.1, 0.15) is 0 Å². The maximum atomic E-state index is 5.18. The summed E-state index contributed by atoms with van der Waals surface area (Å²) in [6.07, 6.45) is 2.20. The van der Waals surface area contributed by atoms with Crippen molar-refractivity contribution in [3.63, 3.8) is 0 Å². The van der Waals surface area contributed by atoms with E-state index in [1.807, 2.05) is 12.1 Å². The van der Waals surface area contributed by atoms with Crippen LogP contribution in [0.1, 0.15) is 0 Å². The summed E-state index contributed by atoms with van der Waals surface area (Å²) in [5.74, 6) is 0.690. The number of para-hydroxylation sites is 1. The van der Waals surface area contributed by atoms with Crippen LogP contribution in [-0.2, 0) is 0 Å². The molecule has 0 saturated heterocycles. The lowest BCUT2D eigenvalue weighted by molar-refractivity contribution is 1.18. The Hall–Kier alpha value is -7.82. The van der Waals surface area contributed by atoms with Gasteiger partial charge in [-0.1, -0.05) is 194 Å². The van der Waals surface area contributed by atoms with E-state index in [4.69, 9.17) is 19.9 Å². The maximum absolute atomic E-state index is 5.18. The molecule has 0 bridgehead atoms. The molecule has 3 heterocycles. The van der Waals surface area contributed by atoms with Crippen LogP contribution in [-0.4, -0.2) is 21.5 Å². The normalized spacial score (nSPS) is 11.9. The van der Waals surface area contributed by atoms with Gasteiger partial charge in [0.25, 0.3) is 0 Å². The van der Waals surface area contributed by atoms with E-state index in [0.717, 1.165) is 84.2 Å². The Bertz CT molecular complexity index is 3190. The highest BCUT2D eigenvalue weighted by molar-refractivity contribution is 6.10. The van der Waals surface area contributed by atoms with Crippen molar-refractivity contribution in [3.05, 3.63) is 211 Å². The lowest BCUT2D eigenvalue weighted by atomic mass is 9.96. The molecular weight excluding hydrogens is 717 g/mol. The van der Waals surface area contributed by atoms with Crippen LogP contribution in [0.4, 0.5) is 0 Å². The quantitative estimate of drug-likeness (QED) is 0.152. The van der Waals surface area contributed by atoms with E-state index < -0.39 is 0 Å². The van der Waals surface area contributed by atoms with Crippen LogP contribution >= 0.6 is 0 Å². The summed E-state index contributed by atoms with van der Waals surface area (Å²) in [7, 11) is 0. The molecule has 0 fully saturated rings. The van der Waals surface area contributed by atoms with Crippen LogP contribution in [0.2, 0.25) is 0 Å². The van der Waals surface area contributed by atoms with E-state index in [2.05, 4.69) is 194 Å². The first-order valence-electron chi connectivity index (χ1n) is 20.0. The topological polar surface area (TPSA) is 51.0 Å². The van der Waals surface area contributed by atoms with Crippen molar-refractivity contribution in [2.24, 2.45) is 4.99 Å². The van der Waals surface area contributed by atoms with Gasteiger partial charge in [-0.3, -0.25) is 4.99 Å². The maximum Gasteiger partial charge on any atom is 0.160 e. The molecule has 0 spiro atoms. The van der Waals surface area contributed by atoms with Crippen molar-refractivity contribution >= 4 is 27.8 Å². The van der Waals surface area contributed by atoms with Crippen molar-refractivity contribution in [2.75, 3.05) is 6.54 Å². The Morgan fingerprint density at radius 3 is 1.36 bits per heavy atom. The Morgan fingerprint density at radius 2 is 0.797 bits per heavy atom. The van der Waals surface area contributed by atoms with Gasteiger partial charge in [0, 0.05) is 38.4 Å². The van der Waals surface area contributed by atoms with Crippen molar-refractivity contribution in [3.8, 4) is 78.5 Å². The lowest BCUT2D eigenvalue weighted by Crippen LogP contribution is -2.22. The third kappa shape index (κ3) is 6.47. The second-order valence-electron chi connectivity index (χ2n) is 15.0. The van der Waals surface area contributed by atoms with Gasteiger partial charge in [0.15, 0.2) is 5.82 Å². The molecule has 0 radical (unpaired) electrons. The fourth-order valence-corrected chi connectivity index (χ4v) is 8.26. The van der Waals surface area contributed by atoms with E-state index in [0.29, 0.717) is 5.82 Å². The largest absolute Gasteiger partial charge is 0.280 e. The van der Waals surface area contributed by atoms with Gasteiger partial charge in [0.2, 0.25) is 0 Å². The summed E-state index contributed by atoms with van der Waals surface area (Å²) >= 11 is 0. The van der Waals surface area contributed by atoms with Crippen LogP contribution in [0.5, 0.6) is 0 Å². The van der Waals surface area contributed by atoms with Gasteiger partial charge in [-0.15, -0.1) is 0 Å². The highest BCUT2D eigenvalue weighted by atomic mass is 14.9. The molecule has 0 saturated carbocycles. The molecule has 276 valence electrons. The fraction of sp³-hybridized carbons (Fsp3) is 0.0182. The van der Waals surface area contributed by atoms with Crippen molar-refractivity contribution in [1.29, 1.82) is 0 Å². The number of pyridine rings is 1. The number of rotatable bonds is 7. The van der Waals surface area contributed by atoms with Crippen molar-refractivity contribution in [2.45, 2.75) is 0 Å². The third-order valence-electron chi connectivity index (χ3n) is 11.4. The summed E-state index contributed by atoms with van der Waals surface area (Å²) in [4.78, 5) is 20.3. The molecule has 1 aliphatic rings. The van der Waals surface area contributed by atoms with E-state index >= 15 is 0 Å². The molecule has 59 heavy (non-hydrogen) atoms. The summed E-state index contributed by atoms with van der Waals surface area (Å²) in [5.41, 5.74) is 14.8. The zero-order valence-electron chi connectivity index (χ0n) is 32.1. The monoisotopic (exact) mass is 752 g/mol. The standard InChI is InChI=1S/C55H36N4/c1-3-9-36(10-4-1)38-15-23-42(24-16-38)50-35-51(59-55(58-50)46-29-21-39(22-30-46)37-11-5-2-6-12-37)43-25-17-40(18-26-43)41-19-27-44(28-20-41)53-48-32-31-45-33-34-56-54(45)52(48)47-13-7-8-14-49(47)57-53/h1-33,35H,34H2. The number of hydrogen-bond acceptors (Lipinski definition) is 4. The molecule has 0 unspecified atom stereocenters. The Morgan fingerprint density at radius 1 is 0.339 bits per heavy atom. The molecule has 11 rings (SSSR count). The van der Waals surface area contributed by atoms with Crippen LogP contribution in [0.3, 0.4) is 0 Å². The second-order valence-corrected chi connectivity index (χ2v) is 15.0. The molecule has 2 aromatic heterocycles. The zero-order chi connectivity index (χ0) is 39.1. The van der Waals surface area contributed by atoms with Gasteiger partial charge < -0.3 is 0 Å². The van der Waals surface area contributed by atoms with Gasteiger partial charge in [-0.25, -0.2) is 15.0 Å². The van der Waals surface area contributed by atoms with E-state index in [1.165, 1.54) is 27.3 Å². The summed E-state index contributed by atoms with van der Waals surface area (Å²) in [5, 5.41) is 5.72. The highest BCUT2D eigenvalue weighted by Crippen LogP contribution is 2.34. The highest BCUT2D eigenvalue weighted by Gasteiger charge is 2.15. The van der Waals surface area contributed by atoms with Crippen molar-refractivity contribution < 1.29 is 0 Å². The van der Waals surface area contributed by atoms with E-state index in [-0.39, 0.29) is 0 Å². The minimum absolute atomic E-state index is 0.690. The minimum atomic E-state index is 0.690. The van der Waals surface area contributed by atoms with Gasteiger partial charge in [0.05, 0.1) is 34.5 Å². The summed E-state index contributed by atoms with van der Waals surface area (Å²) < 4.78 is 0. The summed E-state index contributed by atoms with van der Waals surface area (Å²) in [6.45, 7) is 0.722. The molecule has 1 aliphatic heterocycles. The van der Waals surface area contributed by atoms with Crippen LogP contribution < -0.4 is 10.6 Å². The second kappa shape index (κ2) is 14.6. The Labute approximate surface area is 342 Å². The van der Waals surface area contributed by atoms with Gasteiger partial charge in [-0.2, -0.15) is 0 Å². The molecular formula is C55H36N4. The first-order chi connectivity index (χ1) is 29.2. The first kappa shape index (κ1) is 34.4. The van der Waals surface area contributed by atoms with Gasteiger partial charge >= 0.3 is 0 Å². The predicted octanol–water partition coefficient (Wildman–Crippen LogP) is 12.3. The number of fused-ring (bicyclic) bond motifs is 5. The first-order valence-corrected chi connectivity index (χ1v) is 20.0. The van der Waals surface area contributed by atoms with Crippen LogP contribution in [0.15, 0.2) is 205 Å². The van der Waals surface area contributed by atoms with Crippen LogP contribution in [0.25, 0.3) is 106 Å². The summed E-state index contributed by atoms with van der Waals surface area (Å²) in [6, 6.07) is 70.4. The molecule has 10 aromatic rings. The molecule has 0 aliphatic carbocycles. The minimum Gasteiger partial charge on any atom is -0.280 e. The predicted molar refractivity (Wildman–Crippen MR) is 243 cm³/mol. The Kier molecular flexibility index (Phi) is 8.52. The molecule has 4 nitrogen and oxygen atoms in total. The van der Waals surface area contributed by atoms with Crippen molar-refractivity contribution in [1.82, 2.24) is 15.0 Å². The van der Waals surface area contributed by atoms with E-state index in [1.54, 1.807) is 0 Å². The zero-order valence-corrected chi connectivity index (χ0v) is 32.1. The third-order valence-corrected chi connectivity index (χ3v) is 11.4. The number of aromatic nitrogens is 3. The molecule has 0 amide bonds. The Balaban J connectivity index is 0.937. The van der Waals surface area contributed by atoms with E-state index in [9.17, 15) is 0 Å². The number of hydrogen-bond donors (Lipinski definition) is 0. The average molecular weight is 753 g/mol. The SMILES string of the molecule is C1=c2ccc3c(-c4ccc(-c5ccc(-c6cc(-c7ccc(-c8ccccc8)cc7)nc(-c7ccc(-c8ccccc8)cc7)n6)cc5)cc4)nc4ccccc4c3c2=NC1. The lowest BCUT2D eigenvalue weighted by Gasteiger charge is -2.12. The fourth-order valence-electron chi connectivity index (χ4n) is 8.26. The number of nitrogens with zero attached hydrogens (tertiary/aromatic N) is 4. The smallest absolute Gasteiger partial charge is 0.160 e. The molecule has 0 N–H and O–H groups in total. The number of benzene rings is 8. The average Bonchev–Trinajstić information content (AvgIpc) is 3.82. The van der Waals surface area contributed by atoms with Gasteiger partial charge in [-0.05, 0) is 50.7 Å².